The minimum Gasteiger partial charge on any atom is -0.297 e. The van der Waals surface area contributed by atoms with Gasteiger partial charge in [-0.3, -0.25) is 10.2 Å². The van der Waals surface area contributed by atoms with Crippen molar-refractivity contribution in [1.29, 1.82) is 0 Å². The van der Waals surface area contributed by atoms with Crippen LogP contribution in [-0.2, 0) is 4.79 Å². The number of carbonyl (C=O) groups is 1. The Bertz CT molecular complexity index is 475. The highest BCUT2D eigenvalue weighted by Gasteiger charge is 1.97. The van der Waals surface area contributed by atoms with Gasteiger partial charge in [0.1, 0.15) is 0 Å². The third-order valence-electron chi connectivity index (χ3n) is 2.40. The normalized spacial score (nSPS) is 9.06. The summed E-state index contributed by atoms with van der Waals surface area (Å²) in [7, 11) is 0. The second-order valence-corrected chi connectivity index (χ2v) is 4.03. The Kier molecular flexibility index (Phi) is 5.61. The van der Waals surface area contributed by atoms with Crippen LogP contribution in [0, 0.1) is 13.8 Å². The van der Waals surface area contributed by atoms with E-state index in [0.717, 1.165) is 0 Å². The third kappa shape index (κ3) is 4.39. The van der Waals surface area contributed by atoms with Gasteiger partial charge < -0.3 is 0 Å². The molecule has 0 radical (unpaired) electrons. The molecule has 2 aromatic carbocycles. The summed E-state index contributed by atoms with van der Waals surface area (Å²) < 4.78 is 0. The summed E-state index contributed by atoms with van der Waals surface area (Å²) in [5, 5.41) is 0. The van der Waals surface area contributed by atoms with Crippen molar-refractivity contribution < 1.29 is 4.79 Å². The summed E-state index contributed by atoms with van der Waals surface area (Å²) in [6.07, 6.45) is 0.403. The second-order valence-electron chi connectivity index (χ2n) is 4.03. The third-order valence-corrected chi connectivity index (χ3v) is 2.40. The molecule has 3 heteroatoms. The fourth-order valence-electron chi connectivity index (χ4n) is 1.77. The minimum absolute atomic E-state index is 0.403. The lowest BCUT2D eigenvalue weighted by molar-refractivity contribution is -0.109. The molecule has 0 saturated heterocycles. The van der Waals surface area contributed by atoms with Gasteiger partial charge in [-0.2, -0.15) is 0 Å². The van der Waals surface area contributed by atoms with Crippen LogP contribution in [-0.4, -0.2) is 6.41 Å². The Labute approximate surface area is 108 Å². The van der Waals surface area contributed by atoms with Gasteiger partial charge in [0.15, 0.2) is 0 Å². The molecule has 2 aromatic rings. The molecule has 3 nitrogen and oxygen atoms in total. The van der Waals surface area contributed by atoms with Gasteiger partial charge >= 0.3 is 0 Å². The topological polar surface area (TPSA) is 55.1 Å². The lowest BCUT2D eigenvalue weighted by atomic mass is 10.0. The van der Waals surface area contributed by atoms with Crippen molar-refractivity contribution in [2.45, 2.75) is 13.8 Å². The van der Waals surface area contributed by atoms with Crippen LogP contribution in [0.4, 0.5) is 0 Å². The SMILES string of the molecule is Cc1cc(C)cc(-c2ccccc2)c1.NNC=O. The molecule has 0 fully saturated rings. The number of amides is 1. The van der Waals surface area contributed by atoms with E-state index >= 15 is 0 Å². The summed E-state index contributed by atoms with van der Waals surface area (Å²) in [4.78, 5) is 8.94. The molecule has 3 N–H and O–H groups in total. The van der Waals surface area contributed by atoms with E-state index in [4.69, 9.17) is 4.79 Å². The first kappa shape index (κ1) is 13.9. The molecule has 0 aliphatic heterocycles. The van der Waals surface area contributed by atoms with Gasteiger partial charge in [0.2, 0.25) is 6.41 Å². The number of hydrogen-bond donors (Lipinski definition) is 2. The summed E-state index contributed by atoms with van der Waals surface area (Å²) in [5.74, 6) is 4.41. The van der Waals surface area contributed by atoms with Gasteiger partial charge in [0.25, 0.3) is 0 Å². The van der Waals surface area contributed by atoms with Crippen LogP contribution in [0.15, 0.2) is 48.5 Å². The van der Waals surface area contributed by atoms with Crippen LogP contribution in [0.3, 0.4) is 0 Å². The van der Waals surface area contributed by atoms with E-state index in [1.54, 1.807) is 5.43 Å². The van der Waals surface area contributed by atoms with E-state index < -0.39 is 0 Å². The number of hydrazine groups is 1. The molecule has 0 aromatic heterocycles. The average Bonchev–Trinajstić information content (AvgIpc) is 2.39. The predicted molar refractivity (Wildman–Crippen MR) is 74.7 cm³/mol. The van der Waals surface area contributed by atoms with Crippen molar-refractivity contribution in [2.75, 3.05) is 0 Å². The number of rotatable bonds is 2. The van der Waals surface area contributed by atoms with Crippen LogP contribution in [0.25, 0.3) is 11.1 Å². The van der Waals surface area contributed by atoms with E-state index in [-0.39, 0.29) is 0 Å². The smallest absolute Gasteiger partial charge is 0.221 e. The van der Waals surface area contributed by atoms with E-state index in [1.807, 2.05) is 6.07 Å². The van der Waals surface area contributed by atoms with Gasteiger partial charge in [-0.15, -0.1) is 0 Å². The maximum Gasteiger partial charge on any atom is 0.221 e. The van der Waals surface area contributed by atoms with Crippen molar-refractivity contribution in [3.8, 4) is 11.1 Å². The fraction of sp³-hybridized carbons (Fsp3) is 0.133. The summed E-state index contributed by atoms with van der Waals surface area (Å²) in [6, 6.07) is 17.1. The Hall–Kier alpha value is -2.13. The van der Waals surface area contributed by atoms with E-state index in [9.17, 15) is 0 Å². The summed E-state index contributed by atoms with van der Waals surface area (Å²) in [5.41, 5.74) is 7.00. The number of nitrogens with one attached hydrogen (secondary N) is 1. The molecule has 0 aliphatic rings. The second kappa shape index (κ2) is 7.25. The fourth-order valence-corrected chi connectivity index (χ4v) is 1.77. The lowest BCUT2D eigenvalue weighted by Gasteiger charge is -2.04. The van der Waals surface area contributed by atoms with Crippen molar-refractivity contribution in [3.63, 3.8) is 0 Å². The maximum absolute atomic E-state index is 8.94. The van der Waals surface area contributed by atoms with Crippen LogP contribution >= 0.6 is 0 Å². The highest BCUT2D eigenvalue weighted by molar-refractivity contribution is 5.64. The van der Waals surface area contributed by atoms with Gasteiger partial charge in [-0.25, -0.2) is 5.84 Å². The zero-order valence-corrected chi connectivity index (χ0v) is 10.7. The molecule has 0 bridgehead atoms. The molecular formula is C15H18N2O. The van der Waals surface area contributed by atoms with Gasteiger partial charge in [-0.05, 0) is 25.0 Å². The van der Waals surface area contributed by atoms with Crippen molar-refractivity contribution in [1.82, 2.24) is 5.43 Å². The first-order valence-corrected chi connectivity index (χ1v) is 5.71. The van der Waals surface area contributed by atoms with Crippen LogP contribution in [0.5, 0.6) is 0 Å². The van der Waals surface area contributed by atoms with E-state index in [1.165, 1.54) is 22.3 Å². The number of nitrogens with two attached hydrogens (primary N) is 1. The molecule has 2 rings (SSSR count). The van der Waals surface area contributed by atoms with E-state index in [0.29, 0.717) is 6.41 Å². The van der Waals surface area contributed by atoms with Gasteiger partial charge in [-0.1, -0.05) is 59.7 Å². The average molecular weight is 242 g/mol. The molecule has 94 valence electrons. The highest BCUT2D eigenvalue weighted by Crippen LogP contribution is 2.21. The highest BCUT2D eigenvalue weighted by atomic mass is 16.1. The Balaban J connectivity index is 0.000000357. The van der Waals surface area contributed by atoms with E-state index in [2.05, 4.69) is 62.2 Å². The Morgan fingerprint density at radius 3 is 1.89 bits per heavy atom. The maximum atomic E-state index is 8.94. The standard InChI is InChI=1S/C14H14.CH4N2O/c1-11-8-12(2)10-14(9-11)13-6-4-3-5-7-13;2-3-1-4/h3-10H,1-2H3;1H,2H2,(H,3,4). The number of carbonyl (C=O) groups excluding carboxylic acids is 1. The number of aryl methyl sites for hydroxylation is 2. The number of benzene rings is 2. The summed E-state index contributed by atoms with van der Waals surface area (Å²) >= 11 is 0. The quantitative estimate of drug-likeness (QED) is 0.368. The van der Waals surface area contributed by atoms with Crippen molar-refractivity contribution in [3.05, 3.63) is 59.7 Å². The largest absolute Gasteiger partial charge is 0.297 e. The molecule has 0 unspecified atom stereocenters. The zero-order chi connectivity index (χ0) is 13.4. The Morgan fingerprint density at radius 1 is 0.944 bits per heavy atom. The van der Waals surface area contributed by atoms with Gasteiger partial charge in [0, 0.05) is 0 Å². The Morgan fingerprint density at radius 2 is 1.44 bits per heavy atom. The monoisotopic (exact) mass is 242 g/mol. The van der Waals surface area contributed by atoms with Crippen LogP contribution in [0.1, 0.15) is 11.1 Å². The first-order chi connectivity index (χ1) is 8.67. The molecule has 0 atom stereocenters. The number of hydrogen-bond acceptors (Lipinski definition) is 2. The van der Waals surface area contributed by atoms with Crippen molar-refractivity contribution >= 4 is 6.41 Å². The van der Waals surface area contributed by atoms with Crippen LogP contribution < -0.4 is 11.3 Å². The van der Waals surface area contributed by atoms with Crippen LogP contribution in [0.2, 0.25) is 0 Å². The molecule has 0 spiro atoms. The first-order valence-electron chi connectivity index (χ1n) is 5.71. The lowest BCUT2D eigenvalue weighted by Crippen LogP contribution is -2.18. The van der Waals surface area contributed by atoms with Gasteiger partial charge in [0.05, 0.1) is 0 Å². The van der Waals surface area contributed by atoms with Crippen molar-refractivity contribution in [2.24, 2.45) is 5.84 Å². The summed E-state index contributed by atoms with van der Waals surface area (Å²) in [6.45, 7) is 4.28. The molecule has 0 saturated carbocycles. The zero-order valence-electron chi connectivity index (χ0n) is 10.7. The predicted octanol–water partition coefficient (Wildman–Crippen LogP) is 2.58. The molecule has 0 aliphatic carbocycles. The minimum atomic E-state index is 0.403. The molecular weight excluding hydrogens is 224 g/mol. The molecule has 0 heterocycles. The molecule has 18 heavy (non-hydrogen) atoms. The molecule has 1 amide bonds.